The van der Waals surface area contributed by atoms with Gasteiger partial charge in [0, 0.05) is 37.4 Å². The molecule has 1 aromatic heterocycles. The van der Waals surface area contributed by atoms with Crippen LogP contribution in [0.15, 0.2) is 42.6 Å². The zero-order valence-electron chi connectivity index (χ0n) is 21.2. The van der Waals surface area contributed by atoms with Crippen molar-refractivity contribution in [3.05, 3.63) is 53.9 Å². The molecule has 0 radical (unpaired) electrons. The molecule has 0 saturated carbocycles. The third-order valence-electron chi connectivity index (χ3n) is 6.14. The minimum Gasteiger partial charge on any atom is -0.497 e. The Kier molecular flexibility index (Phi) is 10.5. The van der Waals surface area contributed by atoms with Crippen molar-refractivity contribution in [2.75, 3.05) is 20.2 Å². The van der Waals surface area contributed by atoms with E-state index in [1.54, 1.807) is 12.0 Å². The predicted octanol–water partition coefficient (Wildman–Crippen LogP) is 4.96. The Morgan fingerprint density at radius 3 is 2.45 bits per heavy atom. The summed E-state index contributed by atoms with van der Waals surface area (Å²) in [7, 11) is 1.67. The number of hydrogen-bond acceptors (Lipinski definition) is 3. The van der Waals surface area contributed by atoms with Crippen LogP contribution in [0, 0.1) is 5.92 Å². The molecule has 182 valence electrons. The number of rotatable bonds is 13. The summed E-state index contributed by atoms with van der Waals surface area (Å²) in [6, 6.07) is 12.2. The second kappa shape index (κ2) is 13.1. The van der Waals surface area contributed by atoms with E-state index in [0.717, 1.165) is 29.8 Å². The number of ether oxygens (including phenoxy) is 1. The first-order chi connectivity index (χ1) is 15.8. The average molecular weight is 456 g/mol. The lowest BCUT2D eigenvalue weighted by Gasteiger charge is -2.32. The summed E-state index contributed by atoms with van der Waals surface area (Å²) in [4.78, 5) is 29.5. The average Bonchev–Trinajstić information content (AvgIpc) is 3.25. The highest BCUT2D eigenvalue weighted by atomic mass is 16.5. The van der Waals surface area contributed by atoms with Gasteiger partial charge in [-0.15, -0.1) is 0 Å². The van der Waals surface area contributed by atoms with Crippen LogP contribution in [-0.4, -0.2) is 52.4 Å². The van der Waals surface area contributed by atoms with Crippen LogP contribution in [0.5, 0.6) is 5.75 Å². The normalized spacial score (nSPS) is 12.0. The predicted molar refractivity (Wildman–Crippen MR) is 133 cm³/mol. The van der Waals surface area contributed by atoms with Crippen LogP contribution in [-0.2, 0) is 22.7 Å². The van der Waals surface area contributed by atoms with Gasteiger partial charge in [-0.3, -0.25) is 9.59 Å². The van der Waals surface area contributed by atoms with E-state index in [2.05, 4.69) is 44.4 Å². The summed E-state index contributed by atoms with van der Waals surface area (Å²) in [5.74, 6) is 1.36. The van der Waals surface area contributed by atoms with Gasteiger partial charge >= 0.3 is 0 Å². The third kappa shape index (κ3) is 7.95. The maximum atomic E-state index is 13.4. The van der Waals surface area contributed by atoms with Crippen LogP contribution in [0.25, 0.3) is 0 Å². The number of aromatic nitrogens is 1. The molecule has 2 amide bonds. The first kappa shape index (κ1) is 26.5. The van der Waals surface area contributed by atoms with Gasteiger partial charge in [0.2, 0.25) is 11.8 Å². The first-order valence-electron chi connectivity index (χ1n) is 12.1. The zero-order valence-corrected chi connectivity index (χ0v) is 21.2. The van der Waals surface area contributed by atoms with Gasteiger partial charge in [-0.25, -0.2) is 0 Å². The Morgan fingerprint density at radius 2 is 1.82 bits per heavy atom. The van der Waals surface area contributed by atoms with Crippen molar-refractivity contribution in [3.63, 3.8) is 0 Å². The number of benzene rings is 1. The molecule has 1 heterocycles. The topological polar surface area (TPSA) is 54.8 Å². The quantitative estimate of drug-likeness (QED) is 0.429. The lowest BCUT2D eigenvalue weighted by Crippen LogP contribution is -2.46. The van der Waals surface area contributed by atoms with Crippen LogP contribution >= 0.6 is 0 Å². The number of carbonyl (C=O) groups excluding carboxylic acids is 2. The second-order valence-corrected chi connectivity index (χ2v) is 9.11. The molecule has 0 N–H and O–H groups in total. The molecule has 1 atom stereocenters. The molecule has 0 aliphatic rings. The van der Waals surface area contributed by atoms with Gasteiger partial charge in [-0.2, -0.15) is 0 Å². The standard InChI is InChI=1S/C27H41N3O3/c1-7-22(5)30(27(32)20-29(26(31)8-2)16-14-21(3)4)19-24-12-10-15-28(24)18-23-11-9-13-25(17-23)33-6/h9-13,15,17,21-22H,7-8,14,16,18-20H2,1-6H3. The van der Waals surface area contributed by atoms with Crippen molar-refractivity contribution in [1.82, 2.24) is 14.4 Å². The van der Waals surface area contributed by atoms with Gasteiger partial charge in [-0.05, 0) is 55.5 Å². The molecule has 6 nitrogen and oxygen atoms in total. The summed E-state index contributed by atoms with van der Waals surface area (Å²) in [5.41, 5.74) is 2.21. The zero-order chi connectivity index (χ0) is 24.4. The molecular formula is C27H41N3O3. The van der Waals surface area contributed by atoms with E-state index in [9.17, 15) is 9.59 Å². The van der Waals surface area contributed by atoms with Crippen LogP contribution in [0.2, 0.25) is 0 Å². The first-order valence-corrected chi connectivity index (χ1v) is 12.1. The molecule has 0 aliphatic heterocycles. The summed E-state index contributed by atoms with van der Waals surface area (Å²) < 4.78 is 7.52. The van der Waals surface area contributed by atoms with E-state index in [-0.39, 0.29) is 24.4 Å². The number of carbonyl (C=O) groups is 2. The maximum absolute atomic E-state index is 13.4. The van der Waals surface area contributed by atoms with Crippen molar-refractivity contribution < 1.29 is 14.3 Å². The fourth-order valence-corrected chi connectivity index (χ4v) is 3.78. The molecule has 0 fully saturated rings. The molecule has 2 aromatic rings. The molecule has 0 bridgehead atoms. The van der Waals surface area contributed by atoms with Crippen LogP contribution in [0.1, 0.15) is 65.1 Å². The lowest BCUT2D eigenvalue weighted by atomic mass is 10.1. The van der Waals surface area contributed by atoms with Crippen molar-refractivity contribution in [2.45, 2.75) is 73.0 Å². The van der Waals surface area contributed by atoms with E-state index >= 15 is 0 Å². The fraction of sp³-hybridized carbons (Fsp3) is 0.556. The Morgan fingerprint density at radius 1 is 1.06 bits per heavy atom. The Labute approximate surface area is 199 Å². The van der Waals surface area contributed by atoms with Crippen molar-refractivity contribution in [2.24, 2.45) is 5.92 Å². The summed E-state index contributed by atoms with van der Waals surface area (Å²) in [5, 5.41) is 0. The summed E-state index contributed by atoms with van der Waals surface area (Å²) in [6.07, 6.45) is 4.21. The van der Waals surface area contributed by atoms with E-state index in [1.807, 2.05) is 42.3 Å². The smallest absolute Gasteiger partial charge is 0.242 e. The molecule has 33 heavy (non-hydrogen) atoms. The maximum Gasteiger partial charge on any atom is 0.242 e. The minimum atomic E-state index is 0.00374. The largest absolute Gasteiger partial charge is 0.497 e. The SMILES string of the molecule is CCC(=O)N(CCC(C)C)CC(=O)N(Cc1cccn1Cc1cccc(OC)c1)C(C)CC. The Bertz CT molecular complexity index is 890. The number of hydrogen-bond donors (Lipinski definition) is 0. The molecule has 1 aromatic carbocycles. The van der Waals surface area contributed by atoms with Crippen LogP contribution in [0.4, 0.5) is 0 Å². The number of nitrogens with zero attached hydrogens (tertiary/aromatic N) is 3. The number of amides is 2. The van der Waals surface area contributed by atoms with Gasteiger partial charge in [0.15, 0.2) is 0 Å². The summed E-state index contributed by atoms with van der Waals surface area (Å²) >= 11 is 0. The van der Waals surface area contributed by atoms with E-state index in [1.165, 1.54) is 0 Å². The molecule has 1 unspecified atom stereocenters. The van der Waals surface area contributed by atoms with Gasteiger partial charge < -0.3 is 19.1 Å². The third-order valence-corrected chi connectivity index (χ3v) is 6.14. The monoisotopic (exact) mass is 455 g/mol. The second-order valence-electron chi connectivity index (χ2n) is 9.11. The number of methoxy groups -OCH3 is 1. The van der Waals surface area contributed by atoms with E-state index in [0.29, 0.717) is 32.0 Å². The fourth-order valence-electron chi connectivity index (χ4n) is 3.78. The Hall–Kier alpha value is -2.76. The van der Waals surface area contributed by atoms with Crippen molar-refractivity contribution in [3.8, 4) is 5.75 Å². The highest BCUT2D eigenvalue weighted by Crippen LogP contribution is 2.18. The van der Waals surface area contributed by atoms with Gasteiger partial charge in [0.1, 0.15) is 5.75 Å². The van der Waals surface area contributed by atoms with Gasteiger partial charge in [-0.1, -0.05) is 39.8 Å². The van der Waals surface area contributed by atoms with E-state index < -0.39 is 0 Å². The van der Waals surface area contributed by atoms with Crippen molar-refractivity contribution in [1.29, 1.82) is 0 Å². The molecule has 6 heteroatoms. The lowest BCUT2D eigenvalue weighted by molar-refractivity contribution is -0.142. The highest BCUT2D eigenvalue weighted by Gasteiger charge is 2.24. The van der Waals surface area contributed by atoms with Crippen LogP contribution in [0.3, 0.4) is 0 Å². The minimum absolute atomic E-state index is 0.00374. The molecule has 0 saturated heterocycles. The molecular weight excluding hydrogens is 414 g/mol. The van der Waals surface area contributed by atoms with Gasteiger partial charge in [0.05, 0.1) is 20.2 Å². The van der Waals surface area contributed by atoms with Crippen LogP contribution < -0.4 is 4.74 Å². The molecule has 0 aliphatic carbocycles. The Balaban J connectivity index is 2.18. The molecule has 2 rings (SSSR count). The highest BCUT2D eigenvalue weighted by molar-refractivity contribution is 5.84. The van der Waals surface area contributed by atoms with Crippen molar-refractivity contribution >= 4 is 11.8 Å². The van der Waals surface area contributed by atoms with E-state index in [4.69, 9.17) is 4.74 Å². The van der Waals surface area contributed by atoms with Gasteiger partial charge in [0.25, 0.3) is 0 Å². The molecule has 0 spiro atoms. The summed E-state index contributed by atoms with van der Waals surface area (Å²) in [6.45, 7) is 12.3.